The number of urea groups is 1. The zero-order chi connectivity index (χ0) is 29.4. The van der Waals surface area contributed by atoms with E-state index in [0.29, 0.717) is 25.7 Å². The van der Waals surface area contributed by atoms with Crippen molar-refractivity contribution in [1.82, 2.24) is 10.2 Å². The molecule has 2 N–H and O–H groups in total. The lowest BCUT2D eigenvalue weighted by Crippen LogP contribution is -2.60. The quantitative estimate of drug-likeness (QED) is 0.286. The topological polar surface area (TPSA) is 107 Å². The van der Waals surface area contributed by atoms with Crippen LogP contribution in [-0.2, 0) is 20.9 Å². The molecule has 1 saturated carbocycles. The minimum absolute atomic E-state index is 0.207. The highest BCUT2D eigenvalue weighted by Gasteiger charge is 2.43. The second kappa shape index (κ2) is 14.0. The zero-order valence-corrected chi connectivity index (χ0v) is 24.7. The molecule has 0 aromatic heterocycles. The third-order valence-corrected chi connectivity index (χ3v) is 8.01. The Kier molecular flexibility index (Phi) is 10.5. The van der Waals surface area contributed by atoms with Crippen LogP contribution in [0.1, 0.15) is 80.7 Å². The summed E-state index contributed by atoms with van der Waals surface area (Å²) in [7, 11) is 0. The fourth-order valence-electron chi connectivity index (χ4n) is 5.52. The van der Waals surface area contributed by atoms with E-state index in [2.05, 4.69) is 5.32 Å². The molecule has 9 nitrogen and oxygen atoms in total. The molecule has 1 atom stereocenters. The van der Waals surface area contributed by atoms with Gasteiger partial charge in [-0.25, -0.2) is 9.59 Å². The van der Waals surface area contributed by atoms with Crippen molar-refractivity contribution in [3.63, 3.8) is 0 Å². The highest BCUT2D eigenvalue weighted by atomic mass is 16.5. The molecule has 0 bridgehead atoms. The fraction of sp³-hybridized carbons (Fsp3) is 0.562. The van der Waals surface area contributed by atoms with Crippen molar-refractivity contribution in [1.29, 1.82) is 0 Å². The van der Waals surface area contributed by atoms with E-state index in [1.165, 1.54) is 0 Å². The van der Waals surface area contributed by atoms with Crippen LogP contribution in [0.25, 0.3) is 0 Å². The van der Waals surface area contributed by atoms with Gasteiger partial charge in [0.1, 0.15) is 17.0 Å². The zero-order valence-electron chi connectivity index (χ0n) is 24.7. The molecular formula is C32H44N2O7. The first kappa shape index (κ1) is 30.7. The molecule has 224 valence electrons. The number of rotatable bonds is 14. The summed E-state index contributed by atoms with van der Waals surface area (Å²) in [6.07, 6.45) is 2.61. The number of nitrogens with zero attached hydrogens (tertiary/aromatic N) is 1. The number of nitrogens with one attached hydrogen (secondary N) is 1. The Morgan fingerprint density at radius 2 is 1.80 bits per heavy atom. The van der Waals surface area contributed by atoms with Crippen molar-refractivity contribution in [3.8, 4) is 11.5 Å². The smallest absolute Gasteiger partial charge is 0.329 e. The Labute approximate surface area is 243 Å². The summed E-state index contributed by atoms with van der Waals surface area (Å²) in [6, 6.07) is 11.0. The molecule has 2 amide bonds. The average molecular weight is 569 g/mol. The molecule has 1 saturated heterocycles. The summed E-state index contributed by atoms with van der Waals surface area (Å²) in [6.45, 7) is 10.5. The van der Waals surface area contributed by atoms with Gasteiger partial charge in [0, 0.05) is 38.2 Å². The van der Waals surface area contributed by atoms with E-state index in [9.17, 15) is 14.7 Å². The molecule has 41 heavy (non-hydrogen) atoms. The number of carboxylic acid groups (broad SMARTS) is 1. The van der Waals surface area contributed by atoms with Crippen molar-refractivity contribution < 1.29 is 33.6 Å². The highest BCUT2D eigenvalue weighted by Crippen LogP contribution is 2.51. The van der Waals surface area contributed by atoms with Gasteiger partial charge < -0.3 is 34.3 Å². The molecule has 0 spiro atoms. The molecule has 2 fully saturated rings. The molecule has 1 heterocycles. The lowest BCUT2D eigenvalue weighted by molar-refractivity contribution is -0.148. The Balaban J connectivity index is 1.64. The Morgan fingerprint density at radius 3 is 2.41 bits per heavy atom. The standard InChI is InChI=1S/C32H44N2O7/c1-5-40-27-20-26(22(3)29(41-6-2)28(27)25-12-13-25)23(4)34(16-19-39-21-24-10-8-7-9-11-24)31(37)33-32(30(35)36)14-17-38-18-15-32/h7-11,20,23,25H,5-6,12-19,21H2,1-4H3,(H,33,37)(H,35,36). The van der Waals surface area contributed by atoms with Crippen LogP contribution in [0.5, 0.6) is 11.5 Å². The van der Waals surface area contributed by atoms with Gasteiger partial charge in [-0.05, 0) is 69.2 Å². The number of amides is 2. The van der Waals surface area contributed by atoms with Gasteiger partial charge in [-0.2, -0.15) is 0 Å². The molecule has 0 radical (unpaired) electrons. The number of hydrogen-bond donors (Lipinski definition) is 2. The first-order valence-electron chi connectivity index (χ1n) is 14.8. The summed E-state index contributed by atoms with van der Waals surface area (Å²) < 4.78 is 23.7. The molecule has 9 heteroatoms. The molecule has 1 aliphatic heterocycles. The van der Waals surface area contributed by atoms with Crippen LogP contribution in [0.15, 0.2) is 36.4 Å². The van der Waals surface area contributed by atoms with Crippen molar-refractivity contribution >= 4 is 12.0 Å². The van der Waals surface area contributed by atoms with Gasteiger partial charge in [0.15, 0.2) is 0 Å². The van der Waals surface area contributed by atoms with Gasteiger partial charge in [-0.15, -0.1) is 0 Å². The second-order valence-corrected chi connectivity index (χ2v) is 10.8. The maximum atomic E-state index is 13.9. The molecule has 2 aliphatic rings. The SMILES string of the molecule is CCOc1cc(C(C)N(CCOCc2ccccc2)C(=O)NC2(C(=O)O)CCOCC2)c(C)c(OCC)c1C1CC1. The van der Waals surface area contributed by atoms with Gasteiger partial charge in [0.05, 0.1) is 32.5 Å². The van der Waals surface area contributed by atoms with Crippen LogP contribution < -0.4 is 14.8 Å². The number of benzene rings is 2. The first-order valence-corrected chi connectivity index (χ1v) is 14.8. The molecule has 4 rings (SSSR count). The van der Waals surface area contributed by atoms with E-state index in [4.69, 9.17) is 18.9 Å². The monoisotopic (exact) mass is 568 g/mol. The van der Waals surface area contributed by atoms with Crippen LogP contribution in [0.3, 0.4) is 0 Å². The predicted molar refractivity (Wildman–Crippen MR) is 156 cm³/mol. The summed E-state index contributed by atoms with van der Waals surface area (Å²) in [4.78, 5) is 27.9. The number of aliphatic carboxylic acids is 1. The van der Waals surface area contributed by atoms with Crippen LogP contribution in [-0.4, -0.2) is 67.1 Å². The Bertz CT molecular complexity index is 1180. The lowest BCUT2D eigenvalue weighted by atomic mass is 9.90. The van der Waals surface area contributed by atoms with Crippen LogP contribution in [0.2, 0.25) is 0 Å². The van der Waals surface area contributed by atoms with Gasteiger partial charge in [0.2, 0.25) is 0 Å². The Morgan fingerprint density at radius 1 is 1.12 bits per heavy atom. The summed E-state index contributed by atoms with van der Waals surface area (Å²) in [5, 5.41) is 13.0. The molecule has 2 aromatic rings. The first-order chi connectivity index (χ1) is 19.8. The number of ether oxygens (including phenoxy) is 4. The normalized spacial score (nSPS) is 17.0. The number of carbonyl (C=O) groups excluding carboxylic acids is 1. The van der Waals surface area contributed by atoms with Crippen molar-refractivity contribution in [2.24, 2.45) is 0 Å². The summed E-state index contributed by atoms with van der Waals surface area (Å²) >= 11 is 0. The minimum Gasteiger partial charge on any atom is -0.493 e. The van der Waals surface area contributed by atoms with E-state index in [1.807, 2.05) is 64.1 Å². The third kappa shape index (κ3) is 7.32. The third-order valence-electron chi connectivity index (χ3n) is 8.01. The lowest BCUT2D eigenvalue weighted by Gasteiger charge is -2.38. The van der Waals surface area contributed by atoms with Crippen LogP contribution in [0.4, 0.5) is 4.79 Å². The van der Waals surface area contributed by atoms with Gasteiger partial charge in [-0.3, -0.25) is 0 Å². The fourth-order valence-corrected chi connectivity index (χ4v) is 5.52. The highest BCUT2D eigenvalue weighted by molar-refractivity contribution is 5.86. The second-order valence-electron chi connectivity index (χ2n) is 10.8. The summed E-state index contributed by atoms with van der Waals surface area (Å²) in [5.74, 6) is 0.980. The van der Waals surface area contributed by atoms with Gasteiger partial charge in [0.25, 0.3) is 0 Å². The number of carboxylic acids is 1. The largest absolute Gasteiger partial charge is 0.493 e. The van der Waals surface area contributed by atoms with E-state index in [0.717, 1.165) is 46.6 Å². The predicted octanol–water partition coefficient (Wildman–Crippen LogP) is 5.59. The van der Waals surface area contributed by atoms with E-state index >= 15 is 0 Å². The van der Waals surface area contributed by atoms with Gasteiger partial charge in [-0.1, -0.05) is 30.3 Å². The van der Waals surface area contributed by atoms with Gasteiger partial charge >= 0.3 is 12.0 Å². The van der Waals surface area contributed by atoms with Crippen molar-refractivity contribution in [2.45, 2.75) is 77.5 Å². The molecule has 1 aliphatic carbocycles. The van der Waals surface area contributed by atoms with Crippen LogP contribution >= 0.6 is 0 Å². The maximum absolute atomic E-state index is 13.9. The molecule has 2 aromatic carbocycles. The van der Waals surface area contributed by atoms with E-state index < -0.39 is 23.6 Å². The number of hydrogen-bond acceptors (Lipinski definition) is 6. The number of carbonyl (C=O) groups is 2. The average Bonchev–Trinajstić information content (AvgIpc) is 3.81. The van der Waals surface area contributed by atoms with Crippen molar-refractivity contribution in [2.75, 3.05) is 39.6 Å². The Hall–Kier alpha value is -3.30. The maximum Gasteiger partial charge on any atom is 0.329 e. The van der Waals surface area contributed by atoms with Crippen molar-refractivity contribution in [3.05, 3.63) is 58.7 Å². The summed E-state index contributed by atoms with van der Waals surface area (Å²) in [5.41, 5.74) is 2.63. The van der Waals surface area contributed by atoms with E-state index in [1.54, 1.807) is 4.90 Å². The molecular weight excluding hydrogens is 524 g/mol. The van der Waals surface area contributed by atoms with Crippen LogP contribution in [0, 0.1) is 6.92 Å². The van der Waals surface area contributed by atoms with E-state index in [-0.39, 0.29) is 39.2 Å². The molecule has 1 unspecified atom stereocenters. The minimum atomic E-state index is -1.38.